The van der Waals surface area contributed by atoms with Crippen molar-refractivity contribution in [2.45, 2.75) is 50.7 Å². The van der Waals surface area contributed by atoms with Crippen LogP contribution in [-0.2, 0) is 11.2 Å². The zero-order valence-corrected chi connectivity index (χ0v) is 25.0. The number of nitrogens with zero attached hydrogens (tertiary/aromatic N) is 2. The van der Waals surface area contributed by atoms with Crippen LogP contribution in [0.15, 0.2) is 60.7 Å². The Balaban J connectivity index is 1.09. The molecule has 2 heterocycles. The largest absolute Gasteiger partial charge is 0.489 e. The van der Waals surface area contributed by atoms with Crippen molar-refractivity contribution in [2.24, 2.45) is 5.92 Å². The number of anilines is 1. The van der Waals surface area contributed by atoms with Crippen molar-refractivity contribution >= 4 is 34.8 Å². The lowest BCUT2D eigenvalue weighted by atomic mass is 10.0. The van der Waals surface area contributed by atoms with E-state index in [2.05, 4.69) is 21.2 Å². The van der Waals surface area contributed by atoms with Gasteiger partial charge in [0, 0.05) is 37.4 Å². The standard InChI is InChI=1S/C33H36Cl2FN3O3/c34-29-11-6-26(19-32(29)42-27-7-4-24(36)5-8-27)39-16-13-23(20-39)33(40)37-25(21-38-14-1-2-15-38)17-22-3-12-31(30(35)18-22)41-28-9-10-28/h3-8,11-12,18-19,23,25,28H,1-2,9-10,13-17,20-21H2,(H,37,40)/t23-,25+/m1/s1. The monoisotopic (exact) mass is 611 g/mol. The molecular weight excluding hydrogens is 576 g/mol. The Morgan fingerprint density at radius 2 is 1.71 bits per heavy atom. The summed E-state index contributed by atoms with van der Waals surface area (Å²) in [5.74, 6) is 1.37. The molecule has 0 spiro atoms. The van der Waals surface area contributed by atoms with Crippen molar-refractivity contribution in [1.29, 1.82) is 0 Å². The van der Waals surface area contributed by atoms with Crippen LogP contribution in [0.1, 0.15) is 37.7 Å². The van der Waals surface area contributed by atoms with Crippen LogP contribution in [0.2, 0.25) is 10.0 Å². The Kier molecular flexibility index (Phi) is 9.08. The average molecular weight is 613 g/mol. The van der Waals surface area contributed by atoms with Crippen LogP contribution in [-0.4, -0.2) is 55.7 Å². The number of hydrogen-bond acceptors (Lipinski definition) is 5. The molecule has 42 heavy (non-hydrogen) atoms. The van der Waals surface area contributed by atoms with Gasteiger partial charge in [0.2, 0.25) is 5.91 Å². The number of nitrogens with one attached hydrogen (secondary N) is 1. The number of ether oxygens (including phenoxy) is 2. The second-order valence-corrected chi connectivity index (χ2v) is 12.4. The van der Waals surface area contributed by atoms with Gasteiger partial charge >= 0.3 is 0 Å². The number of hydrogen-bond donors (Lipinski definition) is 1. The van der Waals surface area contributed by atoms with Crippen LogP contribution in [0.5, 0.6) is 17.2 Å². The van der Waals surface area contributed by atoms with E-state index in [0.717, 1.165) is 62.4 Å². The zero-order chi connectivity index (χ0) is 29.1. The van der Waals surface area contributed by atoms with E-state index in [4.69, 9.17) is 32.7 Å². The molecule has 1 amide bonds. The molecule has 6 rings (SSSR count). The molecular formula is C33H36Cl2FN3O3. The summed E-state index contributed by atoms with van der Waals surface area (Å²) in [5, 5.41) is 4.48. The van der Waals surface area contributed by atoms with Crippen LogP contribution in [0.25, 0.3) is 0 Å². The maximum Gasteiger partial charge on any atom is 0.225 e. The van der Waals surface area contributed by atoms with Gasteiger partial charge in [-0.25, -0.2) is 4.39 Å². The fraction of sp³-hybridized carbons (Fsp3) is 0.424. The van der Waals surface area contributed by atoms with Gasteiger partial charge in [0.25, 0.3) is 0 Å². The molecule has 2 aliphatic heterocycles. The Labute approximate surface area is 256 Å². The molecule has 3 fully saturated rings. The fourth-order valence-electron chi connectivity index (χ4n) is 5.78. The van der Waals surface area contributed by atoms with Crippen LogP contribution >= 0.6 is 23.2 Å². The van der Waals surface area contributed by atoms with Crippen molar-refractivity contribution in [3.8, 4) is 17.2 Å². The highest BCUT2D eigenvalue weighted by atomic mass is 35.5. The molecule has 0 bridgehead atoms. The average Bonchev–Trinajstić information content (AvgIpc) is 3.40. The number of likely N-dealkylation sites (tertiary alicyclic amines) is 1. The Morgan fingerprint density at radius 3 is 2.45 bits per heavy atom. The second kappa shape index (κ2) is 13.1. The third kappa shape index (κ3) is 7.49. The lowest BCUT2D eigenvalue weighted by molar-refractivity contribution is -0.125. The molecule has 1 saturated carbocycles. The summed E-state index contributed by atoms with van der Waals surface area (Å²) in [6.07, 6.45) is 6.34. The molecule has 0 aromatic heterocycles. The SMILES string of the molecule is O=C(N[C@@H](Cc1ccc(OC2CC2)c(Cl)c1)CN1CCCC1)[C@@H]1CCN(c2ccc(Cl)c(Oc3ccc(F)cc3)c2)C1. The molecule has 2 saturated heterocycles. The molecule has 3 aromatic rings. The minimum atomic E-state index is -0.327. The summed E-state index contributed by atoms with van der Waals surface area (Å²) in [7, 11) is 0. The smallest absolute Gasteiger partial charge is 0.225 e. The molecule has 2 atom stereocenters. The number of benzene rings is 3. The van der Waals surface area contributed by atoms with Gasteiger partial charge in [-0.15, -0.1) is 0 Å². The predicted molar refractivity (Wildman–Crippen MR) is 165 cm³/mol. The van der Waals surface area contributed by atoms with Crippen molar-refractivity contribution < 1.29 is 18.7 Å². The lowest BCUT2D eigenvalue weighted by Crippen LogP contribution is -2.46. The maximum absolute atomic E-state index is 13.6. The number of rotatable bonds is 11. The third-order valence-electron chi connectivity index (χ3n) is 8.20. The number of amides is 1. The van der Waals surface area contributed by atoms with Crippen LogP contribution in [0, 0.1) is 11.7 Å². The van der Waals surface area contributed by atoms with E-state index < -0.39 is 0 Å². The van der Waals surface area contributed by atoms with E-state index in [1.807, 2.05) is 24.3 Å². The Bertz CT molecular complexity index is 1400. The Morgan fingerprint density at radius 1 is 0.929 bits per heavy atom. The predicted octanol–water partition coefficient (Wildman–Crippen LogP) is 7.12. The van der Waals surface area contributed by atoms with Crippen molar-refractivity contribution in [2.75, 3.05) is 37.6 Å². The zero-order valence-electron chi connectivity index (χ0n) is 23.5. The van der Waals surface area contributed by atoms with E-state index in [-0.39, 0.29) is 23.7 Å². The van der Waals surface area contributed by atoms with E-state index in [1.165, 1.54) is 25.0 Å². The molecule has 1 aliphatic carbocycles. The maximum atomic E-state index is 13.6. The topological polar surface area (TPSA) is 54.0 Å². The van der Waals surface area contributed by atoms with Gasteiger partial charge in [-0.1, -0.05) is 29.3 Å². The van der Waals surface area contributed by atoms with Gasteiger partial charge in [-0.2, -0.15) is 0 Å². The number of carbonyl (C=O) groups is 1. The summed E-state index contributed by atoms with van der Waals surface area (Å²) < 4.78 is 25.1. The molecule has 3 aliphatic rings. The van der Waals surface area contributed by atoms with Gasteiger partial charge in [0.1, 0.15) is 23.1 Å². The molecule has 6 nitrogen and oxygen atoms in total. The first-order chi connectivity index (χ1) is 20.4. The highest BCUT2D eigenvalue weighted by Gasteiger charge is 2.31. The number of halogens is 3. The van der Waals surface area contributed by atoms with Gasteiger partial charge < -0.3 is 24.6 Å². The molecule has 9 heteroatoms. The highest BCUT2D eigenvalue weighted by Crippen LogP contribution is 2.36. The summed E-state index contributed by atoms with van der Waals surface area (Å²) in [6, 6.07) is 17.4. The van der Waals surface area contributed by atoms with Crippen LogP contribution in [0.4, 0.5) is 10.1 Å². The summed E-state index contributed by atoms with van der Waals surface area (Å²) in [4.78, 5) is 18.2. The van der Waals surface area contributed by atoms with Gasteiger partial charge in [0.05, 0.1) is 22.1 Å². The molecule has 0 unspecified atom stereocenters. The summed E-state index contributed by atoms with van der Waals surface area (Å²) in [6.45, 7) is 4.32. The van der Waals surface area contributed by atoms with E-state index in [0.29, 0.717) is 40.6 Å². The van der Waals surface area contributed by atoms with Crippen LogP contribution in [0.3, 0.4) is 0 Å². The quantitative estimate of drug-likeness (QED) is 0.250. The molecule has 1 N–H and O–H groups in total. The molecule has 0 radical (unpaired) electrons. The minimum absolute atomic E-state index is 0.0119. The van der Waals surface area contributed by atoms with Crippen molar-refractivity contribution in [1.82, 2.24) is 10.2 Å². The Hall–Kier alpha value is -3.00. The summed E-state index contributed by atoms with van der Waals surface area (Å²) >= 11 is 12.9. The number of carbonyl (C=O) groups excluding carboxylic acids is 1. The van der Waals surface area contributed by atoms with Crippen molar-refractivity contribution in [3.05, 3.63) is 82.1 Å². The second-order valence-electron chi connectivity index (χ2n) is 11.6. The van der Waals surface area contributed by atoms with E-state index in [1.54, 1.807) is 18.2 Å². The first-order valence-corrected chi connectivity index (χ1v) is 15.6. The van der Waals surface area contributed by atoms with Gasteiger partial charge in [0.15, 0.2) is 0 Å². The van der Waals surface area contributed by atoms with Gasteiger partial charge in [-0.05, 0) is 106 Å². The van der Waals surface area contributed by atoms with E-state index >= 15 is 0 Å². The first kappa shape index (κ1) is 29.1. The lowest BCUT2D eigenvalue weighted by Gasteiger charge is -2.26. The third-order valence-corrected chi connectivity index (χ3v) is 8.81. The highest BCUT2D eigenvalue weighted by molar-refractivity contribution is 6.32. The molecule has 3 aromatic carbocycles. The fourth-order valence-corrected chi connectivity index (χ4v) is 6.18. The first-order valence-electron chi connectivity index (χ1n) is 14.9. The minimum Gasteiger partial charge on any atom is -0.489 e. The normalized spacial score (nSPS) is 19.6. The molecule has 222 valence electrons. The summed E-state index contributed by atoms with van der Waals surface area (Å²) in [5.41, 5.74) is 2.03. The van der Waals surface area contributed by atoms with Gasteiger partial charge in [-0.3, -0.25) is 4.79 Å². The van der Waals surface area contributed by atoms with Crippen LogP contribution < -0.4 is 19.7 Å². The van der Waals surface area contributed by atoms with Crippen molar-refractivity contribution in [3.63, 3.8) is 0 Å². The van der Waals surface area contributed by atoms with E-state index in [9.17, 15) is 9.18 Å².